The van der Waals surface area contributed by atoms with Crippen LogP contribution in [0.1, 0.15) is 99.9 Å². The fourth-order valence-electron chi connectivity index (χ4n) is 10.5. The number of amides is 4. The van der Waals surface area contributed by atoms with Crippen LogP contribution < -0.4 is 38.5 Å². The number of phenols is 1. The number of Topliss-reactive ketones (excluding diaryl/α,β-unsaturated/α-hetero) is 6. The molecule has 0 bridgehead atoms. The van der Waals surface area contributed by atoms with E-state index in [2.05, 4.69) is 41.2 Å². The average molecular weight is 1290 g/mol. The van der Waals surface area contributed by atoms with Crippen molar-refractivity contribution in [3.8, 4) is 5.75 Å². The third kappa shape index (κ3) is 24.7. The number of rotatable bonds is 44. The van der Waals surface area contributed by atoms with E-state index in [1.807, 2.05) is 24.3 Å². The number of H-pyrrole nitrogens is 2. The Morgan fingerprint density at radius 2 is 1.14 bits per heavy atom. The van der Waals surface area contributed by atoms with Crippen LogP contribution in [0.15, 0.2) is 103 Å². The first-order valence-corrected chi connectivity index (χ1v) is 31.8. The number of fused-ring (bicyclic) bond motifs is 1. The van der Waals surface area contributed by atoms with Gasteiger partial charge >= 0.3 is 5.97 Å². The van der Waals surface area contributed by atoms with Crippen molar-refractivity contribution in [2.24, 2.45) is 45.9 Å². The van der Waals surface area contributed by atoms with E-state index in [0.717, 1.165) is 16.5 Å². The number of aliphatic carboxylic acids is 1. The van der Waals surface area contributed by atoms with E-state index in [1.54, 1.807) is 42.8 Å². The molecule has 0 aliphatic heterocycles. The number of para-hydroxylation sites is 1. The predicted molar refractivity (Wildman–Crippen MR) is 343 cm³/mol. The molecule has 16 N–H and O–H groups in total. The van der Waals surface area contributed by atoms with Gasteiger partial charge in [0.05, 0.1) is 49.6 Å². The van der Waals surface area contributed by atoms with E-state index in [1.165, 1.54) is 55.5 Å². The van der Waals surface area contributed by atoms with Gasteiger partial charge in [-0.2, -0.15) is 11.8 Å². The summed E-state index contributed by atoms with van der Waals surface area (Å²) in [5.41, 5.74) is 20.0. The highest BCUT2D eigenvalue weighted by atomic mass is 32.2. The fraction of sp³-hybridized carbons (Fsp3) is 0.462. The Balaban J connectivity index is 1.40. The first-order chi connectivity index (χ1) is 44.0. The Bertz CT molecular complexity index is 3320. The number of aliphatic imine (C=N–C) groups is 1. The molecule has 0 radical (unpaired) electrons. The molecule has 27 heteroatoms. The number of carboxylic acids is 1. The van der Waals surface area contributed by atoms with Crippen molar-refractivity contribution in [2.45, 2.75) is 133 Å². The number of nitrogens with two attached hydrogens (primary N) is 3. The third-order valence-electron chi connectivity index (χ3n) is 15.8. The minimum Gasteiger partial charge on any atom is -0.508 e. The molecule has 4 amide bonds. The second kappa shape index (κ2) is 38.1. The van der Waals surface area contributed by atoms with Crippen molar-refractivity contribution >= 4 is 92.9 Å². The summed E-state index contributed by atoms with van der Waals surface area (Å²) in [4.78, 5) is 166. The van der Waals surface area contributed by atoms with E-state index in [-0.39, 0.29) is 81.8 Å². The van der Waals surface area contributed by atoms with Crippen molar-refractivity contribution in [2.75, 3.05) is 31.8 Å². The van der Waals surface area contributed by atoms with E-state index in [9.17, 15) is 73.2 Å². The minimum atomic E-state index is -1.59. The highest BCUT2D eigenvalue weighted by Crippen LogP contribution is 2.25. The smallest absolute Gasteiger partial charge is 0.303 e. The van der Waals surface area contributed by atoms with E-state index < -0.39 is 164 Å². The summed E-state index contributed by atoms with van der Waals surface area (Å²) in [6.07, 6.45) is 2.83. The summed E-state index contributed by atoms with van der Waals surface area (Å²) in [5, 5.41) is 51.3. The van der Waals surface area contributed by atoms with E-state index in [4.69, 9.17) is 17.2 Å². The van der Waals surface area contributed by atoms with Crippen LogP contribution in [0.2, 0.25) is 0 Å². The van der Waals surface area contributed by atoms with Crippen LogP contribution >= 0.6 is 11.8 Å². The maximum Gasteiger partial charge on any atom is 0.303 e. The van der Waals surface area contributed by atoms with Gasteiger partial charge in [-0.25, -0.2) is 4.98 Å². The van der Waals surface area contributed by atoms with Crippen LogP contribution in [-0.4, -0.2) is 168 Å². The Hall–Kier alpha value is -8.92. The first kappa shape index (κ1) is 73.8. The fourth-order valence-corrected chi connectivity index (χ4v) is 11.0. The van der Waals surface area contributed by atoms with E-state index >= 15 is 0 Å². The minimum absolute atomic E-state index is 0.0347. The van der Waals surface area contributed by atoms with Crippen LogP contribution in [0.4, 0.5) is 0 Å². The average Bonchev–Trinajstić information content (AvgIpc) is 2.03. The zero-order valence-corrected chi connectivity index (χ0v) is 52.5. The Morgan fingerprint density at radius 3 is 1.75 bits per heavy atom. The number of guanidine groups is 1. The molecule has 0 saturated heterocycles. The van der Waals surface area contributed by atoms with Gasteiger partial charge in [0.2, 0.25) is 23.6 Å². The Morgan fingerprint density at radius 1 is 0.587 bits per heavy atom. The summed E-state index contributed by atoms with van der Waals surface area (Å²) in [6.45, 7) is -0.186. The normalized spacial score (nSPS) is 14.2. The monoisotopic (exact) mass is 1290 g/mol. The van der Waals surface area contributed by atoms with Gasteiger partial charge in [0.25, 0.3) is 0 Å². The number of carboxylic acid groups (broad SMARTS) is 1. The molecule has 2 aromatic heterocycles. The maximum atomic E-state index is 14.9. The molecule has 3 aromatic carbocycles. The first-order valence-electron chi connectivity index (χ1n) is 30.4. The van der Waals surface area contributed by atoms with Gasteiger partial charge in [-0.1, -0.05) is 60.7 Å². The molecule has 92 heavy (non-hydrogen) atoms. The molecule has 0 aliphatic rings. The quantitative estimate of drug-likeness (QED) is 0.0151. The molecule has 0 spiro atoms. The summed E-state index contributed by atoms with van der Waals surface area (Å²) in [7, 11) is 0. The number of benzene rings is 3. The molecule has 5 rings (SSSR count). The highest BCUT2D eigenvalue weighted by Gasteiger charge is 2.37. The van der Waals surface area contributed by atoms with Crippen LogP contribution in [0.25, 0.3) is 10.9 Å². The largest absolute Gasteiger partial charge is 0.508 e. The molecular formula is C65H85N11O15S. The molecule has 9 atom stereocenters. The lowest BCUT2D eigenvalue weighted by atomic mass is 9.88. The number of aromatic hydroxyl groups is 1. The van der Waals surface area contributed by atoms with Gasteiger partial charge in [-0.15, -0.1) is 0 Å². The lowest BCUT2D eigenvalue weighted by Gasteiger charge is -2.26. The lowest BCUT2D eigenvalue weighted by molar-refractivity contribution is -0.139. The number of carbonyl (C=O) groups is 11. The van der Waals surface area contributed by atoms with Crippen molar-refractivity contribution in [1.82, 2.24) is 36.2 Å². The van der Waals surface area contributed by atoms with Crippen molar-refractivity contribution in [3.63, 3.8) is 0 Å². The van der Waals surface area contributed by atoms with Gasteiger partial charge in [-0.3, -0.25) is 52.9 Å². The molecule has 5 aromatic rings. The molecule has 0 saturated carbocycles. The zero-order chi connectivity index (χ0) is 67.3. The van der Waals surface area contributed by atoms with Gasteiger partial charge in [0.1, 0.15) is 17.6 Å². The molecule has 2 heterocycles. The molecular weight excluding hydrogens is 1210 g/mol. The number of thioether (sulfide) groups is 1. The standard InChI is InChI=1S/C65H85N11O15S/c1-38(79)14-20-55(81)53(28-45-33-71-50-13-7-6-12-48(45)50)75-61(88)41(11-8-23-70-65(67)68)29-58(84)52(26-39-9-4-3-5-10-39)74-64(91)44(27-46-34-69-37-72-46)32-57(83)51(19-21-60(86)87)73-62(89)42(22-24-92-2)30-59(85)54(36-78)76-63(90)43(31-56(82)49(66)35-77)25-40-15-17-47(80)18-16-40/h3-7,9-10,12-13,15-18,33-34,37,41-44,49,51-54,71,77-78,80H,8,11,14,19-32,35-36,66H2,1-2H3,(H,69,72)(H,73,89)(H,74,91)(H,75,88)(H,76,90)(H,86,87)(H4,67,68,70)/t41-,42-,43-,44-,49+,51+,52+,53+,54+/m1/s1. The number of aliphatic hydroxyl groups is 2. The summed E-state index contributed by atoms with van der Waals surface area (Å²) in [6, 6.07) is 15.0. The number of hydrogen-bond donors (Lipinski definition) is 13. The number of hydrogen-bond acceptors (Lipinski definition) is 18. The van der Waals surface area contributed by atoms with Gasteiger partial charge < -0.3 is 73.7 Å². The third-order valence-corrected chi connectivity index (χ3v) is 16.4. The van der Waals surface area contributed by atoms with Crippen LogP contribution in [-0.2, 0) is 78.4 Å². The second-order valence-electron chi connectivity index (χ2n) is 22.9. The summed E-state index contributed by atoms with van der Waals surface area (Å²) >= 11 is 1.33. The number of imidazole rings is 1. The molecule has 0 aliphatic carbocycles. The number of nitrogens with one attached hydrogen (secondary N) is 6. The van der Waals surface area contributed by atoms with E-state index in [0.29, 0.717) is 22.6 Å². The molecule has 0 unspecified atom stereocenters. The topological polar surface area (TPSA) is 452 Å². The number of aromatic amines is 2. The van der Waals surface area contributed by atoms with Crippen LogP contribution in [0.3, 0.4) is 0 Å². The van der Waals surface area contributed by atoms with Crippen molar-refractivity contribution in [1.29, 1.82) is 0 Å². The molecule has 496 valence electrons. The SMILES string of the molecule is CSCC[C@H](CC(=O)[C@H](CO)NC(=O)[C@@H](CC(=O)[C@@H](N)CO)Cc1ccc(O)cc1)C(=O)N[C@@H](CCC(=O)O)C(=O)C[C@@H](Cc1cnc[nH]1)C(=O)N[C@@H](Cc1ccccc1)C(=O)C[C@@H](CCCN=C(N)N)C(=O)N[C@@H](Cc1c[nH]c2ccccc12)C(=O)CCC(C)=O. The lowest BCUT2D eigenvalue weighted by Crippen LogP contribution is -2.50. The molecule has 0 fully saturated rings. The zero-order valence-electron chi connectivity index (χ0n) is 51.7. The Kier molecular flexibility index (Phi) is 30.5. The number of phenolic OH excluding ortho intramolecular Hbond substituents is 1. The van der Waals surface area contributed by atoms with Crippen LogP contribution in [0.5, 0.6) is 5.75 Å². The Labute approximate surface area is 536 Å². The highest BCUT2D eigenvalue weighted by molar-refractivity contribution is 7.98. The number of aliphatic hydroxyl groups excluding tert-OH is 2. The predicted octanol–water partition coefficient (Wildman–Crippen LogP) is 2.03. The number of aromatic nitrogens is 3. The maximum absolute atomic E-state index is 14.9. The number of nitrogens with zero attached hydrogens (tertiary/aromatic N) is 2. The second-order valence-corrected chi connectivity index (χ2v) is 23.9. The van der Waals surface area contributed by atoms with Crippen molar-refractivity contribution < 1.29 is 73.2 Å². The van der Waals surface area contributed by atoms with Gasteiger partial charge in [0.15, 0.2) is 34.9 Å². The van der Waals surface area contributed by atoms with Gasteiger partial charge in [-0.05, 0) is 92.3 Å². The summed E-state index contributed by atoms with van der Waals surface area (Å²) in [5.74, 6) is -12.7. The summed E-state index contributed by atoms with van der Waals surface area (Å²) < 4.78 is 0. The van der Waals surface area contributed by atoms with Crippen molar-refractivity contribution in [3.05, 3.63) is 120 Å². The van der Waals surface area contributed by atoms with Gasteiger partial charge in [0, 0.05) is 111 Å². The number of carbonyl (C=O) groups excluding carboxylic acids is 10. The van der Waals surface area contributed by atoms with Crippen LogP contribution in [0, 0.1) is 23.7 Å². The number of ketones is 6. The molecule has 26 nitrogen and oxygen atoms in total.